The molecule has 0 aromatic carbocycles. The van der Waals surface area contributed by atoms with Gasteiger partial charge in [0.2, 0.25) is 17.7 Å². The molecular weight excluding hydrogens is 380 g/mol. The van der Waals surface area contributed by atoms with Gasteiger partial charge in [0.15, 0.2) is 6.61 Å². The van der Waals surface area contributed by atoms with Crippen molar-refractivity contribution in [2.75, 3.05) is 26.7 Å². The molecule has 0 aromatic heterocycles. The lowest BCUT2D eigenvalue weighted by Crippen LogP contribution is -2.56. The van der Waals surface area contributed by atoms with Gasteiger partial charge in [-0.2, -0.15) is 0 Å². The van der Waals surface area contributed by atoms with Crippen LogP contribution in [-0.4, -0.2) is 95.2 Å². The summed E-state index contributed by atoms with van der Waals surface area (Å²) in [5.41, 5.74) is 0. The van der Waals surface area contributed by atoms with Crippen LogP contribution in [0.1, 0.15) is 39.5 Å². The summed E-state index contributed by atoms with van der Waals surface area (Å²) in [4.78, 5) is 67.5. The van der Waals surface area contributed by atoms with Gasteiger partial charge in [-0.15, -0.1) is 0 Å². The van der Waals surface area contributed by atoms with E-state index in [9.17, 15) is 24.0 Å². The van der Waals surface area contributed by atoms with Crippen LogP contribution in [0.5, 0.6) is 0 Å². The molecule has 29 heavy (non-hydrogen) atoms. The topological polar surface area (TPSA) is 116 Å². The van der Waals surface area contributed by atoms with E-state index in [2.05, 4.69) is 5.32 Å². The van der Waals surface area contributed by atoms with Crippen LogP contribution in [0.2, 0.25) is 0 Å². The van der Waals surface area contributed by atoms with Crippen molar-refractivity contribution < 1.29 is 28.7 Å². The van der Waals surface area contributed by atoms with E-state index in [-0.39, 0.29) is 11.8 Å². The summed E-state index contributed by atoms with van der Waals surface area (Å²) in [6.45, 7) is 3.44. The second-order valence-corrected chi connectivity index (χ2v) is 7.90. The maximum atomic E-state index is 12.9. The Hall–Kier alpha value is -2.65. The van der Waals surface area contributed by atoms with E-state index in [1.165, 1.54) is 21.7 Å². The third-order valence-corrected chi connectivity index (χ3v) is 6.04. The van der Waals surface area contributed by atoms with Crippen LogP contribution in [0.15, 0.2) is 0 Å². The van der Waals surface area contributed by atoms with Gasteiger partial charge in [-0.25, -0.2) is 4.79 Å². The molecule has 1 N–H and O–H groups in total. The second-order valence-electron chi connectivity index (χ2n) is 7.90. The van der Waals surface area contributed by atoms with Crippen LogP contribution in [0.3, 0.4) is 0 Å². The number of hydrogen-bond donors (Lipinski definition) is 1. The molecule has 10 heteroatoms. The fourth-order valence-electron chi connectivity index (χ4n) is 4.16. The Bertz CT molecular complexity index is 725. The molecule has 0 bridgehead atoms. The van der Waals surface area contributed by atoms with E-state index in [0.717, 1.165) is 0 Å². The number of hydrogen-bond acceptors (Lipinski definition) is 6. The summed E-state index contributed by atoms with van der Waals surface area (Å²) in [5.74, 6) is -2.28. The monoisotopic (exact) mass is 408 g/mol. The van der Waals surface area contributed by atoms with Gasteiger partial charge in [0.1, 0.15) is 24.2 Å². The van der Waals surface area contributed by atoms with E-state index >= 15 is 0 Å². The molecule has 0 aliphatic carbocycles. The highest BCUT2D eigenvalue weighted by Gasteiger charge is 2.41. The number of carbonyl (C=O) groups excluding carboxylic acids is 5. The highest BCUT2D eigenvalue weighted by Crippen LogP contribution is 2.22. The first-order valence-electron chi connectivity index (χ1n) is 10.1. The fourth-order valence-corrected chi connectivity index (χ4v) is 4.16. The summed E-state index contributed by atoms with van der Waals surface area (Å²) in [7, 11) is 1.51. The SMILES string of the molecule is C[C@@H]1NC(=O)[C@H](C)N(C)C(=O)[C@@H]2CCCN2C(=O)COC(=O)[C@@H]2CCCN2C1=O. The Morgan fingerprint density at radius 3 is 2.21 bits per heavy atom. The molecule has 3 heterocycles. The van der Waals surface area contributed by atoms with Gasteiger partial charge in [0.05, 0.1) is 0 Å². The summed E-state index contributed by atoms with van der Waals surface area (Å²) in [5, 5.41) is 2.64. The van der Waals surface area contributed by atoms with Gasteiger partial charge in [-0.1, -0.05) is 0 Å². The maximum Gasteiger partial charge on any atom is 0.329 e. The van der Waals surface area contributed by atoms with Crippen molar-refractivity contribution in [2.45, 2.75) is 63.7 Å². The Balaban J connectivity index is 1.88. The van der Waals surface area contributed by atoms with Gasteiger partial charge < -0.3 is 24.8 Å². The molecule has 3 fully saturated rings. The van der Waals surface area contributed by atoms with Crippen LogP contribution < -0.4 is 5.32 Å². The Morgan fingerprint density at radius 1 is 0.897 bits per heavy atom. The van der Waals surface area contributed by atoms with Gasteiger partial charge >= 0.3 is 5.97 Å². The number of nitrogens with one attached hydrogen (secondary N) is 1. The minimum Gasteiger partial charge on any atom is -0.454 e. The van der Waals surface area contributed by atoms with Crippen LogP contribution in [0, 0.1) is 0 Å². The average Bonchev–Trinajstić information content (AvgIpc) is 3.38. The van der Waals surface area contributed by atoms with E-state index in [1.54, 1.807) is 13.8 Å². The standard InChI is InChI=1S/C19H28N4O6/c1-11-17(26)23-9-5-7-14(23)19(28)29-10-15(24)22-8-4-6-13(22)18(27)21(3)12(2)16(25)20-11/h11-14H,4-10H2,1-3H3,(H,20,25)/t11-,12-,13-,14-/m0/s1. The number of likely N-dealkylation sites (N-methyl/N-ethyl adjacent to an activating group) is 1. The zero-order chi connectivity index (χ0) is 21.3. The highest BCUT2D eigenvalue weighted by molar-refractivity contribution is 5.96. The highest BCUT2D eigenvalue weighted by atomic mass is 16.5. The number of amides is 4. The molecule has 3 aliphatic heterocycles. The van der Waals surface area contributed by atoms with Crippen molar-refractivity contribution in [2.24, 2.45) is 0 Å². The molecule has 0 spiro atoms. The van der Waals surface area contributed by atoms with Crippen molar-refractivity contribution in [3.63, 3.8) is 0 Å². The van der Waals surface area contributed by atoms with Crippen molar-refractivity contribution in [1.82, 2.24) is 20.0 Å². The molecule has 3 saturated heterocycles. The minimum atomic E-state index is -0.850. The molecule has 0 saturated carbocycles. The molecule has 0 unspecified atom stereocenters. The second kappa shape index (κ2) is 8.38. The van der Waals surface area contributed by atoms with Crippen molar-refractivity contribution in [3.8, 4) is 0 Å². The van der Waals surface area contributed by atoms with E-state index in [4.69, 9.17) is 4.74 Å². The van der Waals surface area contributed by atoms with E-state index in [0.29, 0.717) is 38.8 Å². The quantitative estimate of drug-likeness (QED) is 0.508. The van der Waals surface area contributed by atoms with Crippen LogP contribution in [-0.2, 0) is 28.7 Å². The predicted octanol–water partition coefficient (Wildman–Crippen LogP) is -1.12. The average molecular weight is 408 g/mol. The number of nitrogens with zero attached hydrogens (tertiary/aromatic N) is 3. The zero-order valence-electron chi connectivity index (χ0n) is 17.1. The van der Waals surface area contributed by atoms with Gasteiger partial charge in [-0.05, 0) is 39.5 Å². The maximum absolute atomic E-state index is 12.9. The van der Waals surface area contributed by atoms with Gasteiger partial charge in [-0.3, -0.25) is 19.2 Å². The minimum absolute atomic E-state index is 0.348. The zero-order valence-corrected chi connectivity index (χ0v) is 17.1. The molecule has 10 nitrogen and oxygen atoms in total. The van der Waals surface area contributed by atoms with Crippen molar-refractivity contribution >= 4 is 29.6 Å². The summed E-state index contributed by atoms with van der Waals surface area (Å²) in [6, 6.07) is -3.12. The molecule has 4 atom stereocenters. The third kappa shape index (κ3) is 4.06. The summed E-state index contributed by atoms with van der Waals surface area (Å²) >= 11 is 0. The number of cyclic esters (lactones) is 1. The lowest BCUT2D eigenvalue weighted by Gasteiger charge is -2.31. The third-order valence-electron chi connectivity index (χ3n) is 6.04. The number of ether oxygens (including phenoxy) is 1. The van der Waals surface area contributed by atoms with E-state index < -0.39 is 48.6 Å². The van der Waals surface area contributed by atoms with Crippen LogP contribution in [0.4, 0.5) is 0 Å². The lowest BCUT2D eigenvalue weighted by molar-refractivity contribution is -0.159. The smallest absolute Gasteiger partial charge is 0.329 e. The number of esters is 1. The normalized spacial score (nSPS) is 32.4. The first-order valence-corrected chi connectivity index (χ1v) is 10.1. The molecule has 3 aliphatic rings. The Kier molecular flexibility index (Phi) is 6.09. The van der Waals surface area contributed by atoms with E-state index in [1.807, 2.05) is 0 Å². The van der Waals surface area contributed by atoms with Crippen LogP contribution in [0.25, 0.3) is 0 Å². The first kappa shape index (κ1) is 21.1. The molecular formula is C19H28N4O6. The molecule has 3 rings (SSSR count). The van der Waals surface area contributed by atoms with Crippen molar-refractivity contribution in [1.29, 1.82) is 0 Å². The Labute approximate surface area is 169 Å². The fraction of sp³-hybridized carbons (Fsp3) is 0.737. The molecule has 0 aromatic rings. The summed E-state index contributed by atoms with van der Waals surface area (Å²) in [6.07, 6.45) is 2.24. The predicted molar refractivity (Wildman–Crippen MR) is 100 cm³/mol. The largest absolute Gasteiger partial charge is 0.454 e. The molecule has 160 valence electrons. The van der Waals surface area contributed by atoms with Gasteiger partial charge in [0.25, 0.3) is 5.91 Å². The summed E-state index contributed by atoms with van der Waals surface area (Å²) < 4.78 is 5.20. The molecule has 4 amide bonds. The van der Waals surface area contributed by atoms with Crippen molar-refractivity contribution in [3.05, 3.63) is 0 Å². The van der Waals surface area contributed by atoms with Crippen LogP contribution >= 0.6 is 0 Å². The molecule has 0 radical (unpaired) electrons. The number of rotatable bonds is 0. The Morgan fingerprint density at radius 2 is 1.52 bits per heavy atom. The number of fused-ring (bicyclic) bond motifs is 2. The first-order chi connectivity index (χ1) is 13.7. The number of carbonyl (C=O) groups is 5. The van der Waals surface area contributed by atoms with Gasteiger partial charge in [0, 0.05) is 20.1 Å². The lowest BCUT2D eigenvalue weighted by atomic mass is 10.1.